The van der Waals surface area contributed by atoms with E-state index in [4.69, 9.17) is 9.47 Å². The van der Waals surface area contributed by atoms with E-state index in [1.54, 1.807) is 60.7 Å². The van der Waals surface area contributed by atoms with Gasteiger partial charge in [0.1, 0.15) is 13.2 Å². The molecule has 0 saturated carbocycles. The monoisotopic (exact) mass is 424 g/mol. The number of sulfonamides is 1. The highest BCUT2D eigenvalue weighted by Gasteiger charge is 2.17. The number of rotatable bonds is 6. The van der Waals surface area contributed by atoms with Gasteiger partial charge in [0.2, 0.25) is 5.91 Å². The van der Waals surface area contributed by atoms with E-state index in [0.29, 0.717) is 30.4 Å². The molecule has 0 unspecified atom stereocenters. The Hall–Kier alpha value is -3.52. The van der Waals surface area contributed by atoms with Crippen LogP contribution >= 0.6 is 0 Å². The molecule has 0 atom stereocenters. The van der Waals surface area contributed by atoms with Gasteiger partial charge in [0.25, 0.3) is 10.0 Å². The van der Waals surface area contributed by atoms with Crippen LogP contribution in [0.1, 0.15) is 5.56 Å². The molecule has 0 saturated heterocycles. The van der Waals surface area contributed by atoms with Gasteiger partial charge in [0.05, 0.1) is 22.7 Å². The van der Waals surface area contributed by atoms with Gasteiger partial charge in [0.15, 0.2) is 11.5 Å². The third-order valence-corrected chi connectivity index (χ3v) is 5.85. The predicted octanol–water partition coefficient (Wildman–Crippen LogP) is 3.44. The van der Waals surface area contributed by atoms with Gasteiger partial charge in [-0.25, -0.2) is 8.42 Å². The summed E-state index contributed by atoms with van der Waals surface area (Å²) in [4.78, 5) is 12.7. The highest BCUT2D eigenvalue weighted by Crippen LogP contribution is 2.31. The number of ether oxygens (including phenoxy) is 2. The molecule has 0 radical (unpaired) electrons. The molecule has 0 bridgehead atoms. The zero-order valence-electron chi connectivity index (χ0n) is 16.0. The molecule has 3 aromatic rings. The largest absolute Gasteiger partial charge is 0.486 e. The van der Waals surface area contributed by atoms with Gasteiger partial charge in [-0.3, -0.25) is 9.52 Å². The minimum absolute atomic E-state index is 0.108. The van der Waals surface area contributed by atoms with Crippen molar-refractivity contribution in [3.63, 3.8) is 0 Å². The van der Waals surface area contributed by atoms with Crippen LogP contribution < -0.4 is 19.5 Å². The molecule has 0 spiro atoms. The molecule has 3 aromatic carbocycles. The van der Waals surface area contributed by atoms with E-state index >= 15 is 0 Å². The minimum atomic E-state index is -3.77. The van der Waals surface area contributed by atoms with Crippen LogP contribution in [0.4, 0.5) is 11.4 Å². The Balaban J connectivity index is 1.48. The Morgan fingerprint density at radius 2 is 1.50 bits per heavy atom. The fourth-order valence-electron chi connectivity index (χ4n) is 3.06. The fraction of sp³-hybridized carbons (Fsp3) is 0.136. The van der Waals surface area contributed by atoms with Gasteiger partial charge in [-0.15, -0.1) is 0 Å². The Kier molecular flexibility index (Phi) is 5.58. The normalized spacial score (nSPS) is 12.8. The summed E-state index contributed by atoms with van der Waals surface area (Å²) in [6.07, 6.45) is 0.108. The molecule has 2 N–H and O–H groups in total. The van der Waals surface area contributed by atoms with E-state index in [0.717, 1.165) is 5.56 Å². The SMILES string of the molecule is O=C(Cc1ccc2c(c1)OCCO2)Nc1ccccc1NS(=O)(=O)c1ccccc1. The number of benzene rings is 3. The van der Waals surface area contributed by atoms with Crippen molar-refractivity contribution in [3.8, 4) is 11.5 Å². The number of nitrogens with one attached hydrogen (secondary N) is 2. The number of anilines is 2. The van der Waals surface area contributed by atoms with Crippen molar-refractivity contribution in [3.05, 3.63) is 78.4 Å². The van der Waals surface area contributed by atoms with Crippen LogP contribution in [0.3, 0.4) is 0 Å². The molecule has 0 aromatic heterocycles. The highest BCUT2D eigenvalue weighted by molar-refractivity contribution is 7.92. The van der Waals surface area contributed by atoms with Crippen molar-refractivity contribution >= 4 is 27.3 Å². The summed E-state index contributed by atoms with van der Waals surface area (Å²) in [5, 5.41) is 2.78. The molecule has 4 rings (SSSR count). The second-order valence-corrected chi connectivity index (χ2v) is 8.35. The quantitative estimate of drug-likeness (QED) is 0.632. The number of amides is 1. The van der Waals surface area contributed by atoms with Crippen molar-refractivity contribution in [2.75, 3.05) is 23.3 Å². The molecule has 0 fully saturated rings. The molecule has 1 amide bonds. The van der Waals surface area contributed by atoms with Crippen LogP contribution in [0.5, 0.6) is 11.5 Å². The van der Waals surface area contributed by atoms with Crippen molar-refractivity contribution in [2.24, 2.45) is 0 Å². The maximum absolute atomic E-state index is 12.6. The second-order valence-electron chi connectivity index (χ2n) is 6.67. The molecule has 30 heavy (non-hydrogen) atoms. The third-order valence-electron chi connectivity index (χ3n) is 4.47. The number of hydrogen-bond acceptors (Lipinski definition) is 5. The maximum atomic E-state index is 12.6. The summed E-state index contributed by atoms with van der Waals surface area (Å²) >= 11 is 0. The van der Waals surface area contributed by atoms with Gasteiger partial charge in [0, 0.05) is 0 Å². The third kappa shape index (κ3) is 4.55. The summed E-state index contributed by atoms with van der Waals surface area (Å²) in [6, 6.07) is 20.1. The molecule has 1 heterocycles. The van der Waals surface area contributed by atoms with E-state index in [1.165, 1.54) is 12.1 Å². The molecule has 8 heteroatoms. The number of para-hydroxylation sites is 2. The molecule has 154 valence electrons. The van der Waals surface area contributed by atoms with E-state index in [2.05, 4.69) is 10.0 Å². The standard InChI is InChI=1S/C22H20N2O5S/c25-22(15-16-10-11-20-21(14-16)29-13-12-28-20)23-18-8-4-5-9-19(18)24-30(26,27)17-6-2-1-3-7-17/h1-11,14,24H,12-13,15H2,(H,23,25). The Labute approximate surface area is 174 Å². The Bertz CT molecular complexity index is 1160. The van der Waals surface area contributed by atoms with Crippen molar-refractivity contribution < 1.29 is 22.7 Å². The van der Waals surface area contributed by atoms with Crippen LogP contribution in [0.25, 0.3) is 0 Å². The van der Waals surface area contributed by atoms with Crippen LogP contribution in [0.2, 0.25) is 0 Å². The maximum Gasteiger partial charge on any atom is 0.261 e. The van der Waals surface area contributed by atoms with Gasteiger partial charge in [-0.2, -0.15) is 0 Å². The fourth-order valence-corrected chi connectivity index (χ4v) is 4.16. The summed E-state index contributed by atoms with van der Waals surface area (Å²) in [5.41, 5.74) is 1.43. The zero-order chi connectivity index (χ0) is 21.0. The minimum Gasteiger partial charge on any atom is -0.486 e. The van der Waals surface area contributed by atoms with Gasteiger partial charge in [-0.1, -0.05) is 36.4 Å². The number of fused-ring (bicyclic) bond motifs is 1. The smallest absolute Gasteiger partial charge is 0.261 e. The first-order chi connectivity index (χ1) is 14.5. The first-order valence-corrected chi connectivity index (χ1v) is 10.8. The Morgan fingerprint density at radius 3 is 2.27 bits per heavy atom. The second kappa shape index (κ2) is 8.46. The highest BCUT2D eigenvalue weighted by atomic mass is 32.2. The van der Waals surface area contributed by atoms with Crippen LogP contribution in [-0.2, 0) is 21.2 Å². The summed E-state index contributed by atoms with van der Waals surface area (Å²) in [7, 11) is -3.77. The van der Waals surface area contributed by atoms with Crippen LogP contribution in [-0.4, -0.2) is 27.5 Å². The van der Waals surface area contributed by atoms with Crippen molar-refractivity contribution in [1.82, 2.24) is 0 Å². The van der Waals surface area contributed by atoms with Crippen LogP contribution in [0.15, 0.2) is 77.7 Å². The number of hydrogen-bond donors (Lipinski definition) is 2. The average Bonchev–Trinajstić information content (AvgIpc) is 2.75. The molecule has 1 aliphatic heterocycles. The molecule has 1 aliphatic rings. The van der Waals surface area contributed by atoms with Gasteiger partial charge >= 0.3 is 0 Å². The van der Waals surface area contributed by atoms with Crippen molar-refractivity contribution in [2.45, 2.75) is 11.3 Å². The van der Waals surface area contributed by atoms with Gasteiger partial charge < -0.3 is 14.8 Å². The average molecular weight is 424 g/mol. The van der Waals surface area contributed by atoms with E-state index in [-0.39, 0.29) is 22.9 Å². The molecular weight excluding hydrogens is 404 g/mol. The summed E-state index contributed by atoms with van der Waals surface area (Å²) in [6.45, 7) is 0.972. The molecule has 0 aliphatic carbocycles. The van der Waals surface area contributed by atoms with E-state index in [9.17, 15) is 13.2 Å². The van der Waals surface area contributed by atoms with Gasteiger partial charge in [-0.05, 0) is 42.0 Å². The van der Waals surface area contributed by atoms with Crippen LogP contribution in [0, 0.1) is 0 Å². The lowest BCUT2D eigenvalue weighted by molar-refractivity contribution is -0.115. The summed E-state index contributed by atoms with van der Waals surface area (Å²) in [5.74, 6) is 0.992. The first kappa shape index (κ1) is 19.8. The zero-order valence-corrected chi connectivity index (χ0v) is 16.8. The van der Waals surface area contributed by atoms with Crippen molar-refractivity contribution in [1.29, 1.82) is 0 Å². The topological polar surface area (TPSA) is 93.7 Å². The Morgan fingerprint density at radius 1 is 0.833 bits per heavy atom. The lowest BCUT2D eigenvalue weighted by atomic mass is 10.1. The lowest BCUT2D eigenvalue weighted by Crippen LogP contribution is -2.19. The first-order valence-electron chi connectivity index (χ1n) is 9.36. The lowest BCUT2D eigenvalue weighted by Gasteiger charge is -2.19. The molecular formula is C22H20N2O5S. The van der Waals surface area contributed by atoms with E-state index < -0.39 is 10.0 Å². The number of carbonyl (C=O) groups is 1. The number of carbonyl (C=O) groups excluding carboxylic acids is 1. The summed E-state index contributed by atoms with van der Waals surface area (Å²) < 4.78 is 38.8. The predicted molar refractivity (Wildman–Crippen MR) is 113 cm³/mol. The molecule has 7 nitrogen and oxygen atoms in total. The van der Waals surface area contributed by atoms with E-state index in [1.807, 2.05) is 0 Å².